The molecule has 1 atom stereocenters. The van der Waals surface area contributed by atoms with Crippen LogP contribution in [0.5, 0.6) is 0 Å². The van der Waals surface area contributed by atoms with Crippen molar-refractivity contribution in [1.82, 2.24) is 20.0 Å². The van der Waals surface area contributed by atoms with Gasteiger partial charge in [-0.2, -0.15) is 5.10 Å². The summed E-state index contributed by atoms with van der Waals surface area (Å²) in [5, 5.41) is 7.50. The van der Waals surface area contributed by atoms with Gasteiger partial charge in [0.2, 0.25) is 0 Å². The van der Waals surface area contributed by atoms with E-state index < -0.39 is 5.60 Å². The highest BCUT2D eigenvalue weighted by Gasteiger charge is 2.24. The lowest BCUT2D eigenvalue weighted by atomic mass is 10.0. The van der Waals surface area contributed by atoms with Gasteiger partial charge in [0.1, 0.15) is 5.60 Å². The minimum Gasteiger partial charge on any atom is -0.444 e. The molecule has 0 aliphatic carbocycles. The zero-order valence-corrected chi connectivity index (χ0v) is 15.1. The molecule has 1 saturated heterocycles. The molecule has 6 heteroatoms. The molecule has 1 fully saturated rings. The van der Waals surface area contributed by atoms with Gasteiger partial charge in [0.15, 0.2) is 0 Å². The number of nitrogens with one attached hydrogen (secondary N) is 1. The van der Waals surface area contributed by atoms with Crippen LogP contribution in [0.25, 0.3) is 0 Å². The number of aryl methyl sites for hydroxylation is 2. The van der Waals surface area contributed by atoms with Gasteiger partial charge in [-0.25, -0.2) is 4.79 Å². The highest BCUT2D eigenvalue weighted by molar-refractivity contribution is 5.68. The maximum atomic E-state index is 11.9. The molecule has 23 heavy (non-hydrogen) atoms. The largest absolute Gasteiger partial charge is 0.444 e. The maximum Gasteiger partial charge on any atom is 0.407 e. The van der Waals surface area contributed by atoms with E-state index in [0.29, 0.717) is 0 Å². The molecule has 1 aromatic rings. The lowest BCUT2D eigenvalue weighted by Crippen LogP contribution is -2.48. The van der Waals surface area contributed by atoms with Crippen molar-refractivity contribution in [2.45, 2.75) is 65.1 Å². The van der Waals surface area contributed by atoms with Crippen LogP contribution < -0.4 is 5.32 Å². The summed E-state index contributed by atoms with van der Waals surface area (Å²) in [7, 11) is 1.96. The highest BCUT2D eigenvalue weighted by Crippen LogP contribution is 2.17. The van der Waals surface area contributed by atoms with E-state index in [1.165, 1.54) is 5.56 Å². The number of carbonyl (C=O) groups excluding carboxylic acids is 1. The van der Waals surface area contributed by atoms with Crippen molar-refractivity contribution in [2.24, 2.45) is 7.05 Å². The molecule has 2 heterocycles. The van der Waals surface area contributed by atoms with Gasteiger partial charge in [0.05, 0.1) is 5.69 Å². The summed E-state index contributed by atoms with van der Waals surface area (Å²) in [6.45, 7) is 10.6. The second-order valence-electron chi connectivity index (χ2n) is 7.35. The third kappa shape index (κ3) is 5.53. The van der Waals surface area contributed by atoms with Crippen molar-refractivity contribution in [2.75, 3.05) is 13.1 Å². The number of carbonyl (C=O) groups is 1. The van der Waals surface area contributed by atoms with Gasteiger partial charge in [-0.1, -0.05) is 6.92 Å². The van der Waals surface area contributed by atoms with Crippen LogP contribution in [0.4, 0.5) is 4.79 Å². The fourth-order valence-electron chi connectivity index (χ4n) is 3.05. The van der Waals surface area contributed by atoms with E-state index in [4.69, 9.17) is 4.74 Å². The summed E-state index contributed by atoms with van der Waals surface area (Å²) >= 11 is 0. The van der Waals surface area contributed by atoms with Crippen LogP contribution in [-0.4, -0.2) is 45.5 Å². The zero-order chi connectivity index (χ0) is 17.0. The van der Waals surface area contributed by atoms with Crippen LogP contribution in [0.1, 0.15) is 51.8 Å². The van der Waals surface area contributed by atoms with E-state index in [9.17, 15) is 4.79 Å². The van der Waals surface area contributed by atoms with E-state index in [1.54, 1.807) is 0 Å². The number of nitrogens with zero attached hydrogens (tertiary/aromatic N) is 3. The van der Waals surface area contributed by atoms with E-state index >= 15 is 0 Å². The first-order valence-corrected chi connectivity index (χ1v) is 8.50. The molecule has 1 aliphatic heterocycles. The summed E-state index contributed by atoms with van der Waals surface area (Å²) in [4.78, 5) is 14.3. The van der Waals surface area contributed by atoms with Gasteiger partial charge < -0.3 is 10.1 Å². The zero-order valence-electron chi connectivity index (χ0n) is 15.1. The Hall–Kier alpha value is -1.56. The van der Waals surface area contributed by atoms with Crippen molar-refractivity contribution in [1.29, 1.82) is 0 Å². The summed E-state index contributed by atoms with van der Waals surface area (Å²) in [5.41, 5.74) is 1.99. The summed E-state index contributed by atoms with van der Waals surface area (Å²) in [6, 6.07) is 0.153. The smallest absolute Gasteiger partial charge is 0.407 e. The molecule has 0 aromatic carbocycles. The quantitative estimate of drug-likeness (QED) is 0.925. The summed E-state index contributed by atoms with van der Waals surface area (Å²) in [5.74, 6) is 0. The average molecular weight is 322 g/mol. The first-order valence-electron chi connectivity index (χ1n) is 8.50. The second-order valence-corrected chi connectivity index (χ2v) is 7.35. The van der Waals surface area contributed by atoms with Crippen molar-refractivity contribution in [3.63, 3.8) is 0 Å². The van der Waals surface area contributed by atoms with Gasteiger partial charge in [0, 0.05) is 37.9 Å². The van der Waals surface area contributed by atoms with Crippen LogP contribution >= 0.6 is 0 Å². The summed E-state index contributed by atoms with van der Waals surface area (Å²) in [6.07, 6.45) is 4.82. The second kappa shape index (κ2) is 7.34. The Morgan fingerprint density at radius 1 is 1.48 bits per heavy atom. The Morgan fingerprint density at radius 3 is 2.87 bits per heavy atom. The van der Waals surface area contributed by atoms with Crippen molar-refractivity contribution < 1.29 is 9.53 Å². The molecule has 2 rings (SSSR count). The normalized spacial score (nSPS) is 19.6. The Bertz CT molecular complexity index is 533. The molecular formula is C17H30N4O2. The highest BCUT2D eigenvalue weighted by atomic mass is 16.6. The van der Waals surface area contributed by atoms with Crippen LogP contribution in [-0.2, 0) is 24.8 Å². The van der Waals surface area contributed by atoms with Crippen LogP contribution in [0.2, 0.25) is 0 Å². The van der Waals surface area contributed by atoms with Gasteiger partial charge in [0.25, 0.3) is 0 Å². The maximum absolute atomic E-state index is 11.9. The van der Waals surface area contributed by atoms with E-state index in [-0.39, 0.29) is 12.1 Å². The molecule has 6 nitrogen and oxygen atoms in total. The summed E-state index contributed by atoms with van der Waals surface area (Å²) < 4.78 is 7.24. The van der Waals surface area contributed by atoms with Crippen molar-refractivity contribution in [3.05, 3.63) is 17.5 Å². The monoisotopic (exact) mass is 322 g/mol. The number of aromatic nitrogens is 2. The van der Waals surface area contributed by atoms with E-state index in [0.717, 1.165) is 44.6 Å². The predicted molar refractivity (Wildman–Crippen MR) is 90.3 cm³/mol. The number of rotatable bonds is 4. The lowest BCUT2D eigenvalue weighted by Gasteiger charge is -2.33. The number of hydrogen-bond acceptors (Lipinski definition) is 4. The number of alkyl carbamates (subject to hydrolysis) is 1. The van der Waals surface area contributed by atoms with Crippen LogP contribution in [0, 0.1) is 0 Å². The van der Waals surface area contributed by atoms with E-state index in [1.807, 2.05) is 32.5 Å². The lowest BCUT2D eigenvalue weighted by molar-refractivity contribution is 0.0470. The molecule has 0 unspecified atom stereocenters. The van der Waals surface area contributed by atoms with Gasteiger partial charge in [-0.05, 0) is 46.6 Å². The molecule has 0 radical (unpaired) electrons. The molecule has 1 aromatic heterocycles. The number of amides is 1. The fraction of sp³-hybridized carbons (Fsp3) is 0.765. The standard InChI is InChI=1S/C17H30N4O2/c1-6-15-13(10-20(5)19-15)11-21-9-7-8-14(12-21)18-16(22)23-17(2,3)4/h10,14H,6-9,11-12H2,1-5H3,(H,18,22)/t14-/m1/s1. The Labute approximate surface area is 139 Å². The molecule has 1 N–H and O–H groups in total. The molecule has 0 saturated carbocycles. The molecule has 0 spiro atoms. The predicted octanol–water partition coefficient (Wildman–Crippen LogP) is 2.47. The third-order valence-electron chi connectivity index (χ3n) is 3.95. The van der Waals surface area contributed by atoms with Gasteiger partial charge in [-0.15, -0.1) is 0 Å². The minimum absolute atomic E-state index is 0.153. The third-order valence-corrected chi connectivity index (χ3v) is 3.95. The van der Waals surface area contributed by atoms with Crippen molar-refractivity contribution >= 4 is 6.09 Å². The Balaban J connectivity index is 1.89. The van der Waals surface area contributed by atoms with Crippen LogP contribution in [0.15, 0.2) is 6.20 Å². The molecule has 1 amide bonds. The van der Waals surface area contributed by atoms with Gasteiger partial charge >= 0.3 is 6.09 Å². The molecule has 0 bridgehead atoms. The number of likely N-dealkylation sites (tertiary alicyclic amines) is 1. The number of ether oxygens (including phenoxy) is 1. The minimum atomic E-state index is -0.454. The van der Waals surface area contributed by atoms with Crippen molar-refractivity contribution in [3.8, 4) is 0 Å². The first-order chi connectivity index (χ1) is 10.8. The molecular weight excluding hydrogens is 292 g/mol. The van der Waals surface area contributed by atoms with Crippen LogP contribution in [0.3, 0.4) is 0 Å². The SMILES string of the molecule is CCc1nn(C)cc1CN1CCC[C@@H](NC(=O)OC(C)(C)C)C1. The fourth-order valence-corrected chi connectivity index (χ4v) is 3.05. The molecule has 1 aliphatic rings. The number of piperidine rings is 1. The average Bonchev–Trinajstić information content (AvgIpc) is 2.76. The number of hydrogen-bond donors (Lipinski definition) is 1. The topological polar surface area (TPSA) is 59.4 Å². The molecule has 130 valence electrons. The van der Waals surface area contributed by atoms with Gasteiger partial charge in [-0.3, -0.25) is 9.58 Å². The van der Waals surface area contributed by atoms with E-state index in [2.05, 4.69) is 28.4 Å². The Morgan fingerprint density at radius 2 is 2.22 bits per heavy atom. The first kappa shape index (κ1) is 17.8. The Kier molecular flexibility index (Phi) is 5.68.